The van der Waals surface area contributed by atoms with Gasteiger partial charge in [0.1, 0.15) is 0 Å². The van der Waals surface area contributed by atoms with E-state index in [0.29, 0.717) is 13.1 Å². The van der Waals surface area contributed by atoms with Gasteiger partial charge < -0.3 is 5.11 Å². The van der Waals surface area contributed by atoms with Crippen molar-refractivity contribution in [2.45, 2.75) is 32.0 Å². The van der Waals surface area contributed by atoms with Crippen LogP contribution in [0.5, 0.6) is 0 Å². The highest BCUT2D eigenvalue weighted by molar-refractivity contribution is 5.87. The van der Waals surface area contributed by atoms with Crippen molar-refractivity contribution < 1.29 is 23.1 Å². The van der Waals surface area contributed by atoms with Gasteiger partial charge in [0.15, 0.2) is 0 Å². The lowest BCUT2D eigenvalue weighted by Crippen LogP contribution is -2.32. The third kappa shape index (κ3) is 3.96. The molecule has 1 aliphatic rings. The van der Waals surface area contributed by atoms with Gasteiger partial charge >= 0.3 is 12.1 Å². The zero-order valence-electron chi connectivity index (χ0n) is 10.9. The van der Waals surface area contributed by atoms with E-state index in [1.165, 1.54) is 0 Å². The van der Waals surface area contributed by atoms with Crippen LogP contribution in [0, 0.1) is 0 Å². The lowest BCUT2D eigenvalue weighted by atomic mass is 9.97. The van der Waals surface area contributed by atoms with E-state index in [0.717, 1.165) is 24.1 Å². The summed E-state index contributed by atoms with van der Waals surface area (Å²) in [5.74, 6) is -0.984. The van der Waals surface area contributed by atoms with E-state index in [-0.39, 0.29) is 12.0 Å². The second kappa shape index (κ2) is 5.83. The fourth-order valence-corrected chi connectivity index (χ4v) is 2.44. The number of fused-ring (bicyclic) bond motifs is 1. The number of carboxylic acid groups (broad SMARTS) is 1. The van der Waals surface area contributed by atoms with E-state index < -0.39 is 18.6 Å². The van der Waals surface area contributed by atoms with Crippen molar-refractivity contribution in [3.05, 3.63) is 34.9 Å². The molecule has 0 spiro atoms. The summed E-state index contributed by atoms with van der Waals surface area (Å²) in [4.78, 5) is 12.9. The molecule has 0 saturated carbocycles. The normalized spacial score (nSPS) is 15.9. The Bertz CT molecular complexity index is 500. The molecule has 1 aromatic carbocycles. The molecule has 0 bridgehead atoms. The summed E-state index contributed by atoms with van der Waals surface area (Å²) < 4.78 is 36.3. The summed E-state index contributed by atoms with van der Waals surface area (Å²) in [6.45, 7) is 1.63. The molecule has 2 rings (SSSR count). The first-order chi connectivity index (χ1) is 9.35. The Kier molecular flexibility index (Phi) is 4.32. The Balaban J connectivity index is 1.95. The number of benzene rings is 1. The predicted octanol–water partition coefficient (Wildman–Crippen LogP) is 3.09. The molecular formula is C14H16F3NO2. The van der Waals surface area contributed by atoms with Crippen LogP contribution in [0.25, 0.3) is 0 Å². The maximum absolute atomic E-state index is 12.1. The van der Waals surface area contributed by atoms with Crippen molar-refractivity contribution in [1.29, 1.82) is 0 Å². The highest BCUT2D eigenvalue weighted by atomic mass is 19.4. The summed E-state index contributed by atoms with van der Waals surface area (Å²) in [7, 11) is 0. The van der Waals surface area contributed by atoms with Gasteiger partial charge in [0.05, 0.1) is 5.56 Å². The molecule has 1 aromatic rings. The SMILES string of the molecule is O=C(O)c1ccc2c(c1)CN(CCCC(F)(F)F)CC2. The molecule has 20 heavy (non-hydrogen) atoms. The number of nitrogens with zero attached hydrogens (tertiary/aromatic N) is 1. The van der Waals surface area contributed by atoms with Crippen LogP contribution in [0.1, 0.15) is 34.3 Å². The Hall–Kier alpha value is -1.56. The van der Waals surface area contributed by atoms with Crippen LogP contribution in [-0.4, -0.2) is 35.2 Å². The number of alkyl halides is 3. The monoisotopic (exact) mass is 287 g/mol. The molecule has 1 heterocycles. The average molecular weight is 287 g/mol. The van der Waals surface area contributed by atoms with Crippen molar-refractivity contribution >= 4 is 5.97 Å². The number of rotatable bonds is 4. The highest BCUT2D eigenvalue weighted by Gasteiger charge is 2.27. The number of carbonyl (C=O) groups is 1. The molecule has 0 fully saturated rings. The van der Waals surface area contributed by atoms with Crippen LogP contribution in [0.2, 0.25) is 0 Å². The van der Waals surface area contributed by atoms with Gasteiger partial charge in [0.2, 0.25) is 0 Å². The summed E-state index contributed by atoms with van der Waals surface area (Å²) in [6, 6.07) is 4.99. The van der Waals surface area contributed by atoms with Crippen LogP contribution in [-0.2, 0) is 13.0 Å². The summed E-state index contributed by atoms with van der Waals surface area (Å²) >= 11 is 0. The largest absolute Gasteiger partial charge is 0.478 e. The maximum Gasteiger partial charge on any atom is 0.389 e. The molecule has 0 aromatic heterocycles. The van der Waals surface area contributed by atoms with Crippen molar-refractivity contribution in [2.24, 2.45) is 0 Å². The van der Waals surface area contributed by atoms with E-state index >= 15 is 0 Å². The number of hydrogen-bond acceptors (Lipinski definition) is 2. The van der Waals surface area contributed by atoms with Crippen molar-refractivity contribution in [3.63, 3.8) is 0 Å². The lowest BCUT2D eigenvalue weighted by molar-refractivity contribution is -0.136. The standard InChI is InChI=1S/C14H16F3NO2/c15-14(16,17)5-1-6-18-7-4-10-2-3-11(13(19)20)8-12(10)9-18/h2-3,8H,1,4-7,9H2,(H,19,20). The molecule has 0 amide bonds. The van der Waals surface area contributed by atoms with Gasteiger partial charge in [0, 0.05) is 19.5 Å². The van der Waals surface area contributed by atoms with Gasteiger partial charge in [-0.05, 0) is 42.6 Å². The average Bonchev–Trinajstić information content (AvgIpc) is 2.36. The maximum atomic E-state index is 12.1. The molecule has 1 N–H and O–H groups in total. The van der Waals surface area contributed by atoms with E-state index in [1.54, 1.807) is 18.2 Å². The molecule has 1 aliphatic heterocycles. The number of hydrogen-bond donors (Lipinski definition) is 1. The van der Waals surface area contributed by atoms with Gasteiger partial charge in [-0.15, -0.1) is 0 Å². The first-order valence-corrected chi connectivity index (χ1v) is 6.49. The van der Waals surface area contributed by atoms with E-state index in [4.69, 9.17) is 5.11 Å². The van der Waals surface area contributed by atoms with Gasteiger partial charge in [-0.3, -0.25) is 4.90 Å². The third-order valence-corrected chi connectivity index (χ3v) is 3.48. The fourth-order valence-electron chi connectivity index (χ4n) is 2.44. The Morgan fingerprint density at radius 2 is 2.05 bits per heavy atom. The van der Waals surface area contributed by atoms with Gasteiger partial charge in [-0.25, -0.2) is 4.79 Å². The van der Waals surface area contributed by atoms with Crippen LogP contribution < -0.4 is 0 Å². The molecule has 0 radical (unpaired) electrons. The van der Waals surface area contributed by atoms with Crippen molar-refractivity contribution in [2.75, 3.05) is 13.1 Å². The minimum atomic E-state index is -4.11. The van der Waals surface area contributed by atoms with Gasteiger partial charge in [-0.2, -0.15) is 13.2 Å². The summed E-state index contributed by atoms with van der Waals surface area (Å²) in [5.41, 5.74) is 2.21. The number of halogens is 3. The smallest absolute Gasteiger partial charge is 0.389 e. The van der Waals surface area contributed by atoms with Gasteiger partial charge in [-0.1, -0.05) is 6.07 Å². The van der Waals surface area contributed by atoms with Crippen molar-refractivity contribution in [3.8, 4) is 0 Å². The second-order valence-electron chi connectivity index (χ2n) is 5.03. The Morgan fingerprint density at radius 1 is 1.30 bits per heavy atom. The zero-order valence-corrected chi connectivity index (χ0v) is 10.9. The molecule has 110 valence electrons. The van der Waals surface area contributed by atoms with Gasteiger partial charge in [0.25, 0.3) is 0 Å². The molecule has 3 nitrogen and oxygen atoms in total. The molecule has 0 unspecified atom stereocenters. The first kappa shape index (κ1) is 14.8. The topological polar surface area (TPSA) is 40.5 Å². The minimum absolute atomic E-state index is 0.0808. The highest BCUT2D eigenvalue weighted by Crippen LogP contribution is 2.24. The van der Waals surface area contributed by atoms with E-state index in [2.05, 4.69) is 0 Å². The molecule has 0 aliphatic carbocycles. The van der Waals surface area contributed by atoms with Crippen LogP contribution in [0.3, 0.4) is 0 Å². The molecular weight excluding hydrogens is 271 g/mol. The molecule has 0 atom stereocenters. The lowest BCUT2D eigenvalue weighted by Gasteiger charge is -2.29. The van der Waals surface area contributed by atoms with Crippen molar-refractivity contribution in [1.82, 2.24) is 4.90 Å². The Morgan fingerprint density at radius 3 is 2.70 bits per heavy atom. The van der Waals surface area contributed by atoms with Crippen LogP contribution in [0.15, 0.2) is 18.2 Å². The third-order valence-electron chi connectivity index (χ3n) is 3.48. The van der Waals surface area contributed by atoms with Crippen LogP contribution in [0.4, 0.5) is 13.2 Å². The quantitative estimate of drug-likeness (QED) is 0.925. The van der Waals surface area contributed by atoms with E-state index in [9.17, 15) is 18.0 Å². The zero-order chi connectivity index (χ0) is 14.8. The first-order valence-electron chi connectivity index (χ1n) is 6.49. The summed E-state index contributed by atoms with van der Waals surface area (Å²) in [5, 5.41) is 8.94. The summed E-state index contributed by atoms with van der Waals surface area (Å²) in [6.07, 6.45) is -4.05. The minimum Gasteiger partial charge on any atom is -0.478 e. The van der Waals surface area contributed by atoms with E-state index in [1.807, 2.05) is 4.90 Å². The number of aromatic carboxylic acids is 1. The fraction of sp³-hybridized carbons (Fsp3) is 0.500. The number of carboxylic acids is 1. The Labute approximate surface area is 115 Å². The molecule has 0 saturated heterocycles. The van der Waals surface area contributed by atoms with Crippen LogP contribution >= 0.6 is 0 Å². The molecule has 6 heteroatoms. The second-order valence-corrected chi connectivity index (χ2v) is 5.03. The predicted molar refractivity (Wildman–Crippen MR) is 67.7 cm³/mol.